The average molecular weight is 292 g/mol. The Bertz CT molecular complexity index is 438. The van der Waals surface area contributed by atoms with Crippen LogP contribution in [0.25, 0.3) is 0 Å². The quantitative estimate of drug-likeness (QED) is 0.478. The number of hydrogen-bond donors (Lipinski definition) is 1. The van der Waals surface area contributed by atoms with Crippen molar-refractivity contribution in [3.8, 4) is 0 Å². The smallest absolute Gasteiger partial charge is 0.330 e. The van der Waals surface area contributed by atoms with Crippen LogP contribution in [-0.2, 0) is 9.53 Å². The molecule has 4 unspecified atom stereocenters. The average Bonchev–Trinajstić information content (AvgIpc) is 2.77. The second kappa shape index (κ2) is 6.78. The van der Waals surface area contributed by atoms with E-state index in [0.717, 1.165) is 25.7 Å². The van der Waals surface area contributed by atoms with E-state index in [1.54, 1.807) is 0 Å². The molecule has 3 heteroatoms. The predicted octanol–water partition coefficient (Wildman–Crippen LogP) is 3.63. The van der Waals surface area contributed by atoms with E-state index < -0.39 is 0 Å². The molecule has 0 radical (unpaired) electrons. The molecule has 4 atom stereocenters. The molecule has 118 valence electrons. The number of hydrogen-bond acceptors (Lipinski definition) is 3. The van der Waals surface area contributed by atoms with Crippen molar-refractivity contribution in [1.82, 2.24) is 0 Å². The third-order valence-corrected chi connectivity index (χ3v) is 5.29. The van der Waals surface area contributed by atoms with Crippen LogP contribution < -0.4 is 0 Å². The summed E-state index contributed by atoms with van der Waals surface area (Å²) in [5, 5.41) is 10.2. The maximum Gasteiger partial charge on any atom is 0.330 e. The summed E-state index contributed by atoms with van der Waals surface area (Å²) in [5.41, 5.74) is 1.62. The minimum atomic E-state index is -0.262. The third kappa shape index (κ3) is 3.39. The fourth-order valence-electron chi connectivity index (χ4n) is 4.20. The van der Waals surface area contributed by atoms with Crippen molar-refractivity contribution in [3.05, 3.63) is 23.8 Å². The molecule has 2 aliphatic rings. The summed E-state index contributed by atoms with van der Waals surface area (Å²) in [6.07, 6.45) is 10.7. The molecule has 0 aromatic carbocycles. The highest BCUT2D eigenvalue weighted by Gasteiger charge is 2.47. The Morgan fingerprint density at radius 3 is 3.10 bits per heavy atom. The van der Waals surface area contributed by atoms with Gasteiger partial charge in [-0.15, -0.1) is 0 Å². The van der Waals surface area contributed by atoms with Crippen LogP contribution in [0.3, 0.4) is 0 Å². The largest absolute Gasteiger partial charge is 0.463 e. The van der Waals surface area contributed by atoms with Crippen LogP contribution in [0.5, 0.6) is 0 Å². The van der Waals surface area contributed by atoms with E-state index in [0.29, 0.717) is 18.4 Å². The van der Waals surface area contributed by atoms with E-state index in [-0.39, 0.29) is 17.5 Å². The lowest BCUT2D eigenvalue weighted by Crippen LogP contribution is -2.39. The summed E-state index contributed by atoms with van der Waals surface area (Å²) < 4.78 is 4.90. The molecule has 2 rings (SSSR count). The molecule has 0 amide bonds. The summed E-state index contributed by atoms with van der Waals surface area (Å²) in [7, 11) is 0. The van der Waals surface area contributed by atoms with E-state index in [1.165, 1.54) is 18.1 Å². The van der Waals surface area contributed by atoms with Gasteiger partial charge in [-0.1, -0.05) is 31.6 Å². The van der Waals surface area contributed by atoms with E-state index in [2.05, 4.69) is 19.9 Å². The topological polar surface area (TPSA) is 46.5 Å². The summed E-state index contributed by atoms with van der Waals surface area (Å²) in [6.45, 7) is 6.76. The molecule has 1 N–H and O–H groups in total. The number of rotatable bonds is 5. The number of aliphatic hydroxyl groups is 1. The minimum Gasteiger partial charge on any atom is -0.463 e. The molecule has 0 heterocycles. The number of carbonyl (C=O) groups is 1. The van der Waals surface area contributed by atoms with Gasteiger partial charge in [0.2, 0.25) is 0 Å². The number of ether oxygens (including phenoxy) is 1. The van der Waals surface area contributed by atoms with Crippen molar-refractivity contribution < 1.29 is 14.6 Å². The minimum absolute atomic E-state index is 0.148. The van der Waals surface area contributed by atoms with Gasteiger partial charge in [-0.25, -0.2) is 4.79 Å². The zero-order valence-corrected chi connectivity index (χ0v) is 13.5. The van der Waals surface area contributed by atoms with E-state index in [4.69, 9.17) is 4.74 Å². The van der Waals surface area contributed by atoms with Gasteiger partial charge in [0.25, 0.3) is 0 Å². The monoisotopic (exact) mass is 292 g/mol. The molecule has 1 fully saturated rings. The Hall–Kier alpha value is -1.09. The van der Waals surface area contributed by atoms with Crippen molar-refractivity contribution in [2.75, 3.05) is 6.61 Å². The highest BCUT2D eigenvalue weighted by atomic mass is 16.5. The first kappa shape index (κ1) is 16.3. The van der Waals surface area contributed by atoms with Gasteiger partial charge in [0.15, 0.2) is 0 Å². The Morgan fingerprint density at radius 1 is 1.62 bits per heavy atom. The van der Waals surface area contributed by atoms with Gasteiger partial charge in [0.1, 0.15) is 0 Å². The predicted molar refractivity (Wildman–Crippen MR) is 83.7 cm³/mol. The molecule has 3 nitrogen and oxygen atoms in total. The lowest BCUT2D eigenvalue weighted by atomic mass is 9.63. The first-order valence-corrected chi connectivity index (χ1v) is 8.21. The number of carbonyl (C=O) groups excluding carboxylic acids is 1. The van der Waals surface area contributed by atoms with Crippen molar-refractivity contribution in [3.63, 3.8) is 0 Å². The van der Waals surface area contributed by atoms with E-state index in [1.807, 2.05) is 13.0 Å². The molecule has 0 aromatic heterocycles. The number of allylic oxidation sites excluding steroid dienone is 3. The van der Waals surface area contributed by atoms with Crippen LogP contribution in [0.4, 0.5) is 0 Å². The number of fused-ring (bicyclic) bond motifs is 1. The first-order valence-electron chi connectivity index (χ1n) is 8.21. The van der Waals surface area contributed by atoms with E-state index >= 15 is 0 Å². The fourth-order valence-corrected chi connectivity index (χ4v) is 4.20. The lowest BCUT2D eigenvalue weighted by molar-refractivity contribution is -0.137. The SMILES string of the molecule is CCOC(=O)/C=C/CC(C)C1=CCC2C(O)CCCC12C. The zero-order chi connectivity index (χ0) is 15.5. The Balaban J connectivity index is 1.97. The fraction of sp³-hybridized carbons (Fsp3) is 0.722. The van der Waals surface area contributed by atoms with Gasteiger partial charge in [0, 0.05) is 6.08 Å². The first-order chi connectivity index (χ1) is 9.99. The summed E-state index contributed by atoms with van der Waals surface area (Å²) in [4.78, 5) is 11.3. The van der Waals surface area contributed by atoms with Crippen LogP contribution in [-0.4, -0.2) is 23.8 Å². The van der Waals surface area contributed by atoms with Gasteiger partial charge in [-0.2, -0.15) is 0 Å². The van der Waals surface area contributed by atoms with Crippen LogP contribution in [0.1, 0.15) is 52.9 Å². The molecule has 0 aromatic rings. The van der Waals surface area contributed by atoms with Crippen LogP contribution in [0.2, 0.25) is 0 Å². The molecule has 0 spiro atoms. The second-order valence-electron chi connectivity index (χ2n) is 6.67. The van der Waals surface area contributed by atoms with Gasteiger partial charge in [0.05, 0.1) is 12.7 Å². The van der Waals surface area contributed by atoms with Crippen molar-refractivity contribution in [1.29, 1.82) is 0 Å². The summed E-state index contributed by atoms with van der Waals surface area (Å²) in [6, 6.07) is 0. The molecule has 0 aliphatic heterocycles. The Labute approximate surface area is 128 Å². The van der Waals surface area contributed by atoms with Crippen LogP contribution in [0, 0.1) is 17.3 Å². The summed E-state index contributed by atoms with van der Waals surface area (Å²) in [5.74, 6) is 0.538. The molecular weight excluding hydrogens is 264 g/mol. The molecule has 21 heavy (non-hydrogen) atoms. The Morgan fingerprint density at radius 2 is 2.38 bits per heavy atom. The lowest BCUT2D eigenvalue weighted by Gasteiger charge is -2.43. The molecule has 0 saturated heterocycles. The van der Waals surface area contributed by atoms with Gasteiger partial charge in [-0.3, -0.25) is 0 Å². The second-order valence-corrected chi connectivity index (χ2v) is 6.67. The maximum atomic E-state index is 11.3. The van der Waals surface area contributed by atoms with Crippen LogP contribution in [0.15, 0.2) is 23.8 Å². The molecule has 0 bridgehead atoms. The standard InChI is InChI=1S/C18H28O3/c1-4-21-17(20)9-5-7-13(2)14-10-11-15-16(19)8-6-12-18(14,15)3/h5,9-10,13,15-16,19H,4,6-8,11-12H2,1-3H3/b9-5+. The van der Waals surface area contributed by atoms with Crippen molar-refractivity contribution in [2.24, 2.45) is 17.3 Å². The number of esters is 1. The maximum absolute atomic E-state index is 11.3. The molecule has 2 aliphatic carbocycles. The zero-order valence-electron chi connectivity index (χ0n) is 13.5. The van der Waals surface area contributed by atoms with Crippen molar-refractivity contribution >= 4 is 5.97 Å². The molecule has 1 saturated carbocycles. The van der Waals surface area contributed by atoms with Crippen molar-refractivity contribution in [2.45, 2.75) is 59.0 Å². The normalized spacial score (nSPS) is 33.6. The van der Waals surface area contributed by atoms with Gasteiger partial charge < -0.3 is 9.84 Å². The highest BCUT2D eigenvalue weighted by molar-refractivity contribution is 5.81. The van der Waals surface area contributed by atoms with Gasteiger partial charge in [-0.05, 0) is 56.3 Å². The highest BCUT2D eigenvalue weighted by Crippen LogP contribution is 2.54. The van der Waals surface area contributed by atoms with E-state index in [9.17, 15) is 9.90 Å². The number of aliphatic hydroxyl groups excluding tert-OH is 1. The van der Waals surface area contributed by atoms with Crippen LogP contribution >= 0.6 is 0 Å². The summed E-state index contributed by atoms with van der Waals surface area (Å²) >= 11 is 0. The third-order valence-electron chi connectivity index (χ3n) is 5.29. The molecular formula is C18H28O3. The van der Waals surface area contributed by atoms with Gasteiger partial charge >= 0.3 is 5.97 Å². The Kier molecular flexibility index (Phi) is 5.26.